The van der Waals surface area contributed by atoms with E-state index in [1.807, 2.05) is 12.3 Å². The summed E-state index contributed by atoms with van der Waals surface area (Å²) in [5.74, 6) is -0.372. The van der Waals surface area contributed by atoms with Gasteiger partial charge in [0.1, 0.15) is 5.82 Å². The molecule has 4 heteroatoms. The molecule has 0 saturated heterocycles. The zero-order valence-electron chi connectivity index (χ0n) is 8.85. The number of aromatic nitrogens is 1. The van der Waals surface area contributed by atoms with E-state index in [2.05, 4.69) is 4.98 Å². The molecule has 84 valence electrons. The van der Waals surface area contributed by atoms with Gasteiger partial charge in [0.15, 0.2) is 0 Å². The molecule has 2 nitrogen and oxygen atoms in total. The van der Waals surface area contributed by atoms with Crippen LogP contribution in [0.25, 0.3) is 0 Å². The summed E-state index contributed by atoms with van der Waals surface area (Å²) in [4.78, 5) is 4.24. The highest BCUT2D eigenvalue weighted by atomic mass is 32.1. The summed E-state index contributed by atoms with van der Waals surface area (Å²) in [7, 11) is 0. The van der Waals surface area contributed by atoms with Crippen LogP contribution < -0.4 is 0 Å². The van der Waals surface area contributed by atoms with Crippen LogP contribution in [0, 0.1) is 12.7 Å². The number of rotatable bonds is 3. The topological polar surface area (TPSA) is 33.1 Å². The summed E-state index contributed by atoms with van der Waals surface area (Å²) >= 11 is 1.48. The third-order valence-electron chi connectivity index (χ3n) is 2.30. The van der Waals surface area contributed by atoms with E-state index in [9.17, 15) is 9.50 Å². The van der Waals surface area contributed by atoms with Crippen LogP contribution in [0.3, 0.4) is 0 Å². The molecule has 1 aromatic heterocycles. The molecular formula is C12H12FNOS. The number of aryl methyl sites for hydroxylation is 1. The molecule has 1 unspecified atom stereocenters. The first-order valence-electron chi connectivity index (χ1n) is 5.00. The average molecular weight is 237 g/mol. The van der Waals surface area contributed by atoms with Crippen LogP contribution in [0.2, 0.25) is 0 Å². The smallest absolute Gasteiger partial charge is 0.129 e. The number of aliphatic hydroxyl groups excluding tert-OH is 1. The van der Waals surface area contributed by atoms with Crippen LogP contribution in [-0.2, 0) is 6.42 Å². The first kappa shape index (κ1) is 11.2. The molecule has 0 aliphatic carbocycles. The first-order chi connectivity index (χ1) is 7.66. The van der Waals surface area contributed by atoms with Crippen LogP contribution in [0.5, 0.6) is 0 Å². The number of aliphatic hydroxyl groups is 1. The van der Waals surface area contributed by atoms with Crippen LogP contribution >= 0.6 is 11.3 Å². The largest absolute Gasteiger partial charge is 0.388 e. The van der Waals surface area contributed by atoms with Gasteiger partial charge >= 0.3 is 0 Å². The molecule has 0 bridgehead atoms. The Kier molecular flexibility index (Phi) is 3.31. The fourth-order valence-electron chi connectivity index (χ4n) is 1.52. The van der Waals surface area contributed by atoms with E-state index < -0.39 is 6.10 Å². The van der Waals surface area contributed by atoms with Crippen molar-refractivity contribution in [2.75, 3.05) is 0 Å². The summed E-state index contributed by atoms with van der Waals surface area (Å²) < 4.78 is 13.4. The molecule has 1 aromatic carbocycles. The van der Waals surface area contributed by atoms with E-state index in [1.165, 1.54) is 17.4 Å². The van der Waals surface area contributed by atoms with E-state index in [0.717, 1.165) is 10.7 Å². The zero-order chi connectivity index (χ0) is 11.5. The molecule has 0 amide bonds. The molecule has 1 heterocycles. The molecule has 0 aliphatic heterocycles. The standard InChI is InChI=1S/C12H12FNOS/c1-8-7-16-12(14-8)6-11(15)9-4-2-3-5-10(9)13/h2-5,7,11,15H,6H2,1H3. The highest BCUT2D eigenvalue weighted by Gasteiger charge is 2.14. The molecule has 0 fully saturated rings. The molecule has 0 saturated carbocycles. The van der Waals surface area contributed by atoms with Gasteiger partial charge in [-0.3, -0.25) is 0 Å². The maximum Gasteiger partial charge on any atom is 0.129 e. The Morgan fingerprint density at radius 2 is 2.19 bits per heavy atom. The molecule has 0 spiro atoms. The minimum absolute atomic E-state index is 0.329. The summed E-state index contributed by atoms with van der Waals surface area (Å²) in [5, 5.41) is 12.6. The lowest BCUT2D eigenvalue weighted by molar-refractivity contribution is 0.173. The molecule has 1 N–H and O–H groups in total. The minimum Gasteiger partial charge on any atom is -0.388 e. The van der Waals surface area contributed by atoms with Gasteiger partial charge in [-0.2, -0.15) is 0 Å². The van der Waals surface area contributed by atoms with Gasteiger partial charge in [0.25, 0.3) is 0 Å². The number of hydrogen-bond acceptors (Lipinski definition) is 3. The van der Waals surface area contributed by atoms with Gasteiger partial charge in [-0.1, -0.05) is 18.2 Å². The number of thiazole rings is 1. The van der Waals surface area contributed by atoms with Crippen molar-refractivity contribution in [1.82, 2.24) is 4.98 Å². The minimum atomic E-state index is -0.827. The molecular weight excluding hydrogens is 225 g/mol. The van der Waals surface area contributed by atoms with Gasteiger partial charge in [0.05, 0.1) is 11.1 Å². The van der Waals surface area contributed by atoms with Crippen molar-refractivity contribution < 1.29 is 9.50 Å². The van der Waals surface area contributed by atoms with Gasteiger partial charge in [0, 0.05) is 23.1 Å². The van der Waals surface area contributed by atoms with Crippen molar-refractivity contribution in [2.24, 2.45) is 0 Å². The van der Waals surface area contributed by atoms with Crippen LogP contribution in [-0.4, -0.2) is 10.1 Å². The quantitative estimate of drug-likeness (QED) is 0.890. The van der Waals surface area contributed by atoms with E-state index in [-0.39, 0.29) is 5.82 Å². The Bertz CT molecular complexity index is 483. The third-order valence-corrected chi connectivity index (χ3v) is 3.29. The van der Waals surface area contributed by atoms with Crippen LogP contribution in [0.1, 0.15) is 22.4 Å². The fourth-order valence-corrected chi connectivity index (χ4v) is 2.33. The normalized spacial score (nSPS) is 12.7. The van der Waals surface area contributed by atoms with Crippen molar-refractivity contribution in [3.05, 3.63) is 51.7 Å². The maximum absolute atomic E-state index is 13.4. The van der Waals surface area contributed by atoms with Gasteiger partial charge in [0.2, 0.25) is 0 Å². The highest BCUT2D eigenvalue weighted by molar-refractivity contribution is 7.09. The Morgan fingerprint density at radius 1 is 1.44 bits per heavy atom. The second kappa shape index (κ2) is 4.72. The second-order valence-corrected chi connectivity index (χ2v) is 4.57. The summed E-state index contributed by atoms with van der Waals surface area (Å²) in [6, 6.07) is 6.28. The predicted molar refractivity (Wildman–Crippen MR) is 61.9 cm³/mol. The third kappa shape index (κ3) is 2.46. The van der Waals surface area contributed by atoms with Gasteiger partial charge in [-0.15, -0.1) is 11.3 Å². The van der Waals surface area contributed by atoms with E-state index in [4.69, 9.17) is 0 Å². The van der Waals surface area contributed by atoms with Crippen molar-refractivity contribution in [1.29, 1.82) is 0 Å². The van der Waals surface area contributed by atoms with Crippen LogP contribution in [0.4, 0.5) is 4.39 Å². The molecule has 0 aliphatic rings. The van der Waals surface area contributed by atoms with Gasteiger partial charge in [-0.25, -0.2) is 9.37 Å². The number of nitrogens with zero attached hydrogens (tertiary/aromatic N) is 1. The first-order valence-corrected chi connectivity index (χ1v) is 5.88. The monoisotopic (exact) mass is 237 g/mol. The Labute approximate surface area is 97.4 Å². The lowest BCUT2D eigenvalue weighted by atomic mass is 10.1. The van der Waals surface area contributed by atoms with Crippen LogP contribution in [0.15, 0.2) is 29.6 Å². The van der Waals surface area contributed by atoms with Gasteiger partial charge in [-0.05, 0) is 13.0 Å². The Balaban J connectivity index is 2.14. The molecule has 2 rings (SSSR count). The summed E-state index contributed by atoms with van der Waals surface area (Å²) in [6.07, 6.45) is -0.467. The fraction of sp³-hybridized carbons (Fsp3) is 0.250. The summed E-state index contributed by atoms with van der Waals surface area (Å²) in [6.45, 7) is 1.90. The maximum atomic E-state index is 13.4. The second-order valence-electron chi connectivity index (χ2n) is 3.62. The van der Waals surface area contributed by atoms with E-state index in [0.29, 0.717) is 12.0 Å². The molecule has 0 radical (unpaired) electrons. The number of hydrogen-bond donors (Lipinski definition) is 1. The van der Waals surface area contributed by atoms with Crippen molar-refractivity contribution in [3.63, 3.8) is 0 Å². The molecule has 2 aromatic rings. The zero-order valence-corrected chi connectivity index (χ0v) is 9.67. The van der Waals surface area contributed by atoms with Crippen molar-refractivity contribution >= 4 is 11.3 Å². The molecule has 16 heavy (non-hydrogen) atoms. The average Bonchev–Trinajstić information content (AvgIpc) is 2.64. The Morgan fingerprint density at radius 3 is 2.81 bits per heavy atom. The molecule has 1 atom stereocenters. The van der Waals surface area contributed by atoms with E-state index >= 15 is 0 Å². The predicted octanol–water partition coefficient (Wildman–Crippen LogP) is 2.87. The van der Waals surface area contributed by atoms with Crippen molar-refractivity contribution in [3.8, 4) is 0 Å². The SMILES string of the molecule is Cc1csc(CC(O)c2ccccc2F)n1. The van der Waals surface area contributed by atoms with Crippen molar-refractivity contribution in [2.45, 2.75) is 19.4 Å². The number of benzene rings is 1. The number of halogens is 1. The summed E-state index contributed by atoms with van der Waals surface area (Å²) in [5.41, 5.74) is 1.26. The Hall–Kier alpha value is -1.26. The highest BCUT2D eigenvalue weighted by Crippen LogP contribution is 2.22. The van der Waals surface area contributed by atoms with E-state index in [1.54, 1.807) is 18.2 Å². The lowest BCUT2D eigenvalue weighted by Gasteiger charge is -2.09. The lowest BCUT2D eigenvalue weighted by Crippen LogP contribution is -2.04. The van der Waals surface area contributed by atoms with Gasteiger partial charge < -0.3 is 5.11 Å².